The van der Waals surface area contributed by atoms with Gasteiger partial charge in [-0.05, 0) is 39.3 Å². The Kier molecular flexibility index (Phi) is 5.07. The van der Waals surface area contributed by atoms with E-state index in [0.717, 1.165) is 13.2 Å². The van der Waals surface area contributed by atoms with Crippen LogP contribution in [0.5, 0.6) is 0 Å². The molecule has 0 amide bonds. The number of nitrogens with one attached hydrogen (secondary N) is 1. The van der Waals surface area contributed by atoms with Crippen LogP contribution in [0.15, 0.2) is 0 Å². The van der Waals surface area contributed by atoms with Crippen LogP contribution in [0.1, 0.15) is 39.0 Å². The summed E-state index contributed by atoms with van der Waals surface area (Å²) >= 11 is 0. The van der Waals surface area contributed by atoms with Crippen molar-refractivity contribution in [2.24, 2.45) is 0 Å². The van der Waals surface area contributed by atoms with E-state index in [0.29, 0.717) is 12.1 Å². The van der Waals surface area contributed by atoms with E-state index < -0.39 is 0 Å². The van der Waals surface area contributed by atoms with E-state index in [1.807, 2.05) is 0 Å². The van der Waals surface area contributed by atoms with Gasteiger partial charge in [0.1, 0.15) is 0 Å². The van der Waals surface area contributed by atoms with Gasteiger partial charge in [-0.25, -0.2) is 0 Å². The van der Waals surface area contributed by atoms with Gasteiger partial charge in [-0.2, -0.15) is 0 Å². The van der Waals surface area contributed by atoms with Crippen LogP contribution in [-0.4, -0.2) is 49.8 Å². The van der Waals surface area contributed by atoms with Gasteiger partial charge in [0.2, 0.25) is 0 Å². The van der Waals surface area contributed by atoms with Crippen molar-refractivity contribution in [3.63, 3.8) is 0 Å². The van der Waals surface area contributed by atoms with Crippen molar-refractivity contribution in [3.8, 4) is 0 Å². The Hall–Kier alpha value is -0.120. The topological polar surface area (TPSA) is 24.5 Å². The van der Waals surface area contributed by atoms with E-state index in [1.54, 1.807) is 0 Å². The lowest BCUT2D eigenvalue weighted by Gasteiger charge is -2.22. The van der Waals surface area contributed by atoms with Crippen LogP contribution in [0.2, 0.25) is 0 Å². The maximum absolute atomic E-state index is 5.55. The molecule has 3 heteroatoms. The number of hydrogen-bond acceptors (Lipinski definition) is 3. The molecule has 0 bridgehead atoms. The highest BCUT2D eigenvalue weighted by Crippen LogP contribution is 2.12. The van der Waals surface area contributed by atoms with Gasteiger partial charge < -0.3 is 15.0 Å². The Morgan fingerprint density at radius 1 is 1.19 bits per heavy atom. The van der Waals surface area contributed by atoms with Crippen molar-refractivity contribution in [2.75, 3.05) is 32.8 Å². The second-order valence-corrected chi connectivity index (χ2v) is 5.18. The quantitative estimate of drug-likeness (QED) is 0.788. The fourth-order valence-electron chi connectivity index (χ4n) is 2.77. The molecule has 2 aliphatic rings. The highest BCUT2D eigenvalue weighted by atomic mass is 16.5. The fourth-order valence-corrected chi connectivity index (χ4v) is 2.77. The average Bonchev–Trinajstić information content (AvgIpc) is 2.55. The summed E-state index contributed by atoms with van der Waals surface area (Å²) in [4.78, 5) is 2.61. The van der Waals surface area contributed by atoms with Crippen LogP contribution in [0.4, 0.5) is 0 Å². The van der Waals surface area contributed by atoms with Crippen LogP contribution in [-0.2, 0) is 4.74 Å². The van der Waals surface area contributed by atoms with Crippen molar-refractivity contribution >= 4 is 0 Å². The normalized spacial score (nSPS) is 32.8. The van der Waals surface area contributed by atoms with E-state index in [2.05, 4.69) is 17.1 Å². The molecule has 2 atom stereocenters. The molecule has 0 aromatic carbocycles. The first-order chi connectivity index (χ1) is 7.86. The molecule has 2 unspecified atom stereocenters. The summed E-state index contributed by atoms with van der Waals surface area (Å²) in [5.74, 6) is 0. The van der Waals surface area contributed by atoms with Gasteiger partial charge in [0.25, 0.3) is 0 Å². The SMILES string of the molecule is CC1OCCC1NCCN1CCCCCC1. The van der Waals surface area contributed by atoms with Gasteiger partial charge in [0, 0.05) is 25.7 Å². The van der Waals surface area contributed by atoms with E-state index in [9.17, 15) is 0 Å². The predicted octanol–water partition coefficient (Wildman–Crippen LogP) is 1.63. The maximum Gasteiger partial charge on any atom is 0.0700 e. The van der Waals surface area contributed by atoms with Gasteiger partial charge in [-0.3, -0.25) is 0 Å². The average molecular weight is 226 g/mol. The van der Waals surface area contributed by atoms with Gasteiger partial charge >= 0.3 is 0 Å². The molecule has 1 N–H and O–H groups in total. The van der Waals surface area contributed by atoms with E-state index >= 15 is 0 Å². The molecule has 3 nitrogen and oxygen atoms in total. The number of nitrogens with zero attached hydrogens (tertiary/aromatic N) is 1. The molecule has 94 valence electrons. The lowest BCUT2D eigenvalue weighted by atomic mass is 10.1. The molecule has 2 heterocycles. The Morgan fingerprint density at radius 2 is 1.94 bits per heavy atom. The largest absolute Gasteiger partial charge is 0.377 e. The van der Waals surface area contributed by atoms with E-state index in [1.165, 1.54) is 51.7 Å². The van der Waals surface area contributed by atoms with Crippen LogP contribution >= 0.6 is 0 Å². The molecule has 16 heavy (non-hydrogen) atoms. The number of rotatable bonds is 4. The summed E-state index contributed by atoms with van der Waals surface area (Å²) in [6.07, 6.45) is 7.23. The molecule has 2 rings (SSSR count). The molecular weight excluding hydrogens is 200 g/mol. The van der Waals surface area contributed by atoms with Crippen molar-refractivity contribution in [1.82, 2.24) is 10.2 Å². The molecule has 2 fully saturated rings. The van der Waals surface area contributed by atoms with Crippen LogP contribution in [0.25, 0.3) is 0 Å². The zero-order chi connectivity index (χ0) is 11.2. The zero-order valence-corrected chi connectivity index (χ0v) is 10.6. The molecule has 0 aromatic rings. The second-order valence-electron chi connectivity index (χ2n) is 5.18. The molecule has 2 aliphatic heterocycles. The zero-order valence-electron chi connectivity index (χ0n) is 10.6. The third-order valence-electron chi connectivity index (χ3n) is 3.91. The summed E-state index contributed by atoms with van der Waals surface area (Å²) in [5, 5.41) is 3.63. The third-order valence-corrected chi connectivity index (χ3v) is 3.91. The maximum atomic E-state index is 5.55. The third kappa shape index (κ3) is 3.72. The smallest absolute Gasteiger partial charge is 0.0700 e. The first kappa shape index (κ1) is 12.3. The Balaban J connectivity index is 1.59. The van der Waals surface area contributed by atoms with Crippen molar-refractivity contribution in [3.05, 3.63) is 0 Å². The van der Waals surface area contributed by atoms with Gasteiger partial charge in [0.15, 0.2) is 0 Å². The number of likely N-dealkylation sites (tertiary alicyclic amines) is 1. The van der Waals surface area contributed by atoms with Crippen molar-refractivity contribution in [1.29, 1.82) is 0 Å². The minimum absolute atomic E-state index is 0.407. The highest BCUT2D eigenvalue weighted by molar-refractivity contribution is 4.79. The lowest BCUT2D eigenvalue weighted by molar-refractivity contribution is 0.112. The monoisotopic (exact) mass is 226 g/mol. The summed E-state index contributed by atoms with van der Waals surface area (Å²) in [7, 11) is 0. The Morgan fingerprint density at radius 3 is 2.56 bits per heavy atom. The van der Waals surface area contributed by atoms with Crippen molar-refractivity contribution in [2.45, 2.75) is 51.2 Å². The molecule has 0 saturated carbocycles. The van der Waals surface area contributed by atoms with Gasteiger partial charge in [0.05, 0.1) is 6.10 Å². The van der Waals surface area contributed by atoms with Crippen LogP contribution in [0.3, 0.4) is 0 Å². The Bertz CT molecular complexity index is 190. The molecule has 0 aliphatic carbocycles. The standard InChI is InChI=1S/C13H26N2O/c1-12-13(6-11-16-12)14-7-10-15-8-4-2-3-5-9-15/h12-14H,2-11H2,1H3. The number of ether oxygens (including phenoxy) is 1. The summed E-state index contributed by atoms with van der Waals surface area (Å²) < 4.78 is 5.55. The highest BCUT2D eigenvalue weighted by Gasteiger charge is 2.23. The van der Waals surface area contributed by atoms with Crippen LogP contribution < -0.4 is 5.32 Å². The molecule has 0 spiro atoms. The second kappa shape index (κ2) is 6.58. The van der Waals surface area contributed by atoms with Gasteiger partial charge in [-0.1, -0.05) is 12.8 Å². The lowest BCUT2D eigenvalue weighted by Crippen LogP contribution is -2.40. The summed E-state index contributed by atoms with van der Waals surface area (Å²) in [5.41, 5.74) is 0. The fraction of sp³-hybridized carbons (Fsp3) is 1.00. The minimum Gasteiger partial charge on any atom is -0.377 e. The summed E-state index contributed by atoms with van der Waals surface area (Å²) in [6, 6.07) is 0.590. The summed E-state index contributed by atoms with van der Waals surface area (Å²) in [6.45, 7) is 8.05. The first-order valence-electron chi connectivity index (χ1n) is 6.93. The Labute approximate surface area is 99.5 Å². The predicted molar refractivity (Wildman–Crippen MR) is 66.7 cm³/mol. The minimum atomic E-state index is 0.407. The van der Waals surface area contributed by atoms with Crippen molar-refractivity contribution < 1.29 is 4.74 Å². The molecule has 0 radical (unpaired) electrons. The number of hydrogen-bond donors (Lipinski definition) is 1. The van der Waals surface area contributed by atoms with Crippen LogP contribution in [0, 0.1) is 0 Å². The van der Waals surface area contributed by atoms with E-state index in [4.69, 9.17) is 4.74 Å². The molecular formula is C13H26N2O. The van der Waals surface area contributed by atoms with Gasteiger partial charge in [-0.15, -0.1) is 0 Å². The molecule has 2 saturated heterocycles. The van der Waals surface area contributed by atoms with E-state index in [-0.39, 0.29) is 0 Å². The first-order valence-corrected chi connectivity index (χ1v) is 6.93. The molecule has 0 aromatic heterocycles.